The number of rotatable bonds is 9. The Kier molecular flexibility index (Phi) is 10.5. The van der Waals surface area contributed by atoms with Crippen molar-refractivity contribution in [2.75, 3.05) is 45.9 Å². The Bertz CT molecular complexity index is 1260. The van der Waals surface area contributed by atoms with Crippen LogP contribution >= 0.6 is 15.9 Å². The number of ether oxygens (including phenoxy) is 2. The lowest BCUT2D eigenvalue weighted by Crippen LogP contribution is -2.54. The van der Waals surface area contributed by atoms with Gasteiger partial charge in [-0.05, 0) is 87.7 Å². The molecule has 2 aliphatic heterocycles. The summed E-state index contributed by atoms with van der Waals surface area (Å²) in [5, 5.41) is 0. The molecule has 0 saturated carbocycles. The molecule has 4 rings (SSSR count). The highest BCUT2D eigenvalue weighted by Gasteiger charge is 2.54. The number of hydrogen-bond acceptors (Lipinski definition) is 7. The number of nitrogens with zero attached hydrogens (tertiary/aromatic N) is 2. The van der Waals surface area contributed by atoms with E-state index in [0.717, 1.165) is 29.7 Å². The van der Waals surface area contributed by atoms with Crippen LogP contribution in [0.5, 0.6) is 5.75 Å². The number of esters is 1. The Labute approximate surface area is 240 Å². The lowest BCUT2D eigenvalue weighted by Gasteiger charge is -2.39. The topological polar surface area (TPSA) is 76.1 Å². The Balaban J connectivity index is 1.40. The number of sulfone groups is 1. The summed E-state index contributed by atoms with van der Waals surface area (Å²) in [6.45, 7) is 6.66. The second kappa shape index (κ2) is 13.8. The maximum Gasteiger partial charge on any atom is 0.327 e. The van der Waals surface area contributed by atoms with Gasteiger partial charge in [0, 0.05) is 24.1 Å². The van der Waals surface area contributed by atoms with Crippen LogP contribution in [-0.4, -0.2) is 74.9 Å². The quantitative estimate of drug-likeness (QED) is 0.299. The Morgan fingerprint density at radius 3 is 2.23 bits per heavy atom. The molecule has 2 aliphatic rings. The number of carbonyl (C=O) groups is 1. The number of hydrogen-bond donors (Lipinski definition) is 0. The average molecular weight is 618 g/mol. The van der Waals surface area contributed by atoms with Crippen molar-refractivity contribution in [3.05, 3.63) is 58.6 Å². The van der Waals surface area contributed by atoms with Crippen LogP contribution in [-0.2, 0) is 25.9 Å². The largest absolute Gasteiger partial charge is 0.481 e. The van der Waals surface area contributed by atoms with Crippen molar-refractivity contribution < 1.29 is 22.7 Å². The Morgan fingerprint density at radius 2 is 1.59 bits per heavy atom. The molecule has 0 bridgehead atoms. The molecule has 0 aliphatic carbocycles. The van der Waals surface area contributed by atoms with Crippen LogP contribution in [0.4, 0.5) is 0 Å². The minimum absolute atomic E-state index is 0.0976. The number of benzene rings is 2. The van der Waals surface area contributed by atoms with Gasteiger partial charge in [-0.1, -0.05) is 46.3 Å². The van der Waals surface area contributed by atoms with Gasteiger partial charge in [0.2, 0.25) is 0 Å². The van der Waals surface area contributed by atoms with Crippen LogP contribution in [0.2, 0.25) is 0 Å². The van der Waals surface area contributed by atoms with E-state index >= 15 is 0 Å². The molecule has 2 aromatic carbocycles. The first kappa shape index (κ1) is 29.6. The third-order valence-electron chi connectivity index (χ3n) is 7.47. The summed E-state index contributed by atoms with van der Waals surface area (Å²) in [5.74, 6) is 6.06. The average Bonchev–Trinajstić information content (AvgIpc) is 2.95. The van der Waals surface area contributed by atoms with Gasteiger partial charge in [0.1, 0.15) is 12.4 Å². The fourth-order valence-electron chi connectivity index (χ4n) is 5.16. The lowest BCUT2D eigenvalue weighted by molar-refractivity contribution is -0.147. The second-order valence-electron chi connectivity index (χ2n) is 10.1. The highest BCUT2D eigenvalue weighted by molar-refractivity contribution is 9.10. The molecule has 0 N–H and O–H groups in total. The van der Waals surface area contributed by atoms with Gasteiger partial charge in [-0.25, -0.2) is 8.42 Å². The predicted molar refractivity (Wildman–Crippen MR) is 155 cm³/mol. The summed E-state index contributed by atoms with van der Waals surface area (Å²) < 4.78 is 38.2. The van der Waals surface area contributed by atoms with Gasteiger partial charge >= 0.3 is 5.97 Å². The number of halogens is 1. The van der Waals surface area contributed by atoms with Gasteiger partial charge in [0.05, 0.1) is 18.0 Å². The molecular weight excluding hydrogens is 580 g/mol. The van der Waals surface area contributed by atoms with Crippen LogP contribution in [0.1, 0.15) is 44.6 Å². The van der Waals surface area contributed by atoms with Gasteiger partial charge in [-0.2, -0.15) is 0 Å². The first-order chi connectivity index (χ1) is 18.8. The molecule has 0 unspecified atom stereocenters. The zero-order valence-electron chi connectivity index (χ0n) is 22.5. The molecule has 0 aromatic heterocycles. The van der Waals surface area contributed by atoms with Crippen molar-refractivity contribution in [3.8, 4) is 17.6 Å². The normalized spacial score (nSPS) is 18.1. The molecule has 2 aromatic rings. The van der Waals surface area contributed by atoms with E-state index in [0.29, 0.717) is 25.4 Å². The van der Waals surface area contributed by atoms with Gasteiger partial charge in [-0.3, -0.25) is 14.6 Å². The molecule has 39 heavy (non-hydrogen) atoms. The van der Waals surface area contributed by atoms with Crippen molar-refractivity contribution in [3.63, 3.8) is 0 Å². The van der Waals surface area contributed by atoms with Gasteiger partial charge in [0.25, 0.3) is 0 Å². The summed E-state index contributed by atoms with van der Waals surface area (Å²) in [4.78, 5) is 17.8. The summed E-state index contributed by atoms with van der Waals surface area (Å²) in [6, 6.07) is 14.3. The van der Waals surface area contributed by atoms with Crippen LogP contribution in [0.3, 0.4) is 0 Å². The zero-order valence-corrected chi connectivity index (χ0v) is 24.9. The minimum Gasteiger partial charge on any atom is -0.481 e. The molecular formula is C30H37BrN2O5S. The number of piperidine rings is 2. The number of carbonyl (C=O) groups excluding carboxylic acids is 1. The van der Waals surface area contributed by atoms with Crippen molar-refractivity contribution in [1.82, 2.24) is 9.80 Å². The van der Waals surface area contributed by atoms with Crippen molar-refractivity contribution in [2.24, 2.45) is 0 Å². The van der Waals surface area contributed by atoms with E-state index in [1.54, 1.807) is 19.1 Å². The molecule has 0 spiro atoms. The van der Waals surface area contributed by atoms with Crippen molar-refractivity contribution in [2.45, 2.75) is 55.2 Å². The highest BCUT2D eigenvalue weighted by atomic mass is 79.9. The highest BCUT2D eigenvalue weighted by Crippen LogP contribution is 2.37. The fraction of sp³-hybridized carbons (Fsp3) is 0.500. The van der Waals surface area contributed by atoms with Crippen LogP contribution in [0, 0.1) is 11.8 Å². The van der Waals surface area contributed by atoms with Crippen molar-refractivity contribution in [1.29, 1.82) is 0 Å². The maximum atomic E-state index is 13.9. The third-order valence-corrected chi connectivity index (χ3v) is 10.5. The predicted octanol–water partition coefficient (Wildman–Crippen LogP) is 4.69. The van der Waals surface area contributed by atoms with Crippen LogP contribution in [0.15, 0.2) is 57.9 Å². The van der Waals surface area contributed by atoms with Gasteiger partial charge in [0.15, 0.2) is 14.6 Å². The van der Waals surface area contributed by atoms with E-state index in [4.69, 9.17) is 9.47 Å². The van der Waals surface area contributed by atoms with Gasteiger partial charge in [-0.15, -0.1) is 0 Å². The smallest absolute Gasteiger partial charge is 0.327 e. The molecule has 2 heterocycles. The monoisotopic (exact) mass is 616 g/mol. The zero-order chi connectivity index (χ0) is 27.7. The van der Waals surface area contributed by atoms with E-state index in [9.17, 15) is 13.2 Å². The summed E-state index contributed by atoms with van der Waals surface area (Å²) in [5.41, 5.74) is 1.14. The van der Waals surface area contributed by atoms with Crippen LogP contribution in [0.25, 0.3) is 0 Å². The van der Waals surface area contributed by atoms with E-state index in [2.05, 4.69) is 37.6 Å². The molecule has 2 fully saturated rings. The van der Waals surface area contributed by atoms with Crippen LogP contribution < -0.4 is 4.74 Å². The SMILES string of the molecule is CCOC(=O)C1(S(=O)(=O)c2ccc(OCC#CCN3CCCCC3)cc2)CCN(Cc2ccc(Br)cc2)CC1. The Morgan fingerprint density at radius 1 is 0.923 bits per heavy atom. The maximum absolute atomic E-state index is 13.9. The first-order valence-corrected chi connectivity index (χ1v) is 15.9. The summed E-state index contributed by atoms with van der Waals surface area (Å²) >= 11 is 3.45. The van der Waals surface area contributed by atoms with E-state index < -0.39 is 20.6 Å². The first-order valence-electron chi connectivity index (χ1n) is 13.6. The molecule has 210 valence electrons. The van der Waals surface area contributed by atoms with E-state index in [-0.39, 0.29) is 31.0 Å². The Hall–Kier alpha value is -2.38. The summed E-state index contributed by atoms with van der Waals surface area (Å²) in [6.07, 6.45) is 4.11. The number of likely N-dealkylation sites (tertiary alicyclic amines) is 2. The second-order valence-corrected chi connectivity index (χ2v) is 13.2. The van der Waals surface area contributed by atoms with Gasteiger partial charge < -0.3 is 9.47 Å². The van der Waals surface area contributed by atoms with E-state index in [1.807, 2.05) is 24.3 Å². The molecule has 7 nitrogen and oxygen atoms in total. The molecule has 0 radical (unpaired) electrons. The summed E-state index contributed by atoms with van der Waals surface area (Å²) in [7, 11) is -4.00. The minimum atomic E-state index is -4.00. The molecule has 2 saturated heterocycles. The molecule has 0 atom stereocenters. The lowest BCUT2D eigenvalue weighted by atomic mass is 9.95. The standard InChI is InChI=1S/C30H37BrN2O5S/c1-2-37-29(34)30(16-21-33(22-17-30)24-25-8-10-26(31)11-9-25)39(35,36)28-14-12-27(13-15-28)38-23-7-6-20-32-18-4-3-5-19-32/h8-15H,2-5,16-24H2,1H3. The third kappa shape index (κ3) is 7.43. The van der Waals surface area contributed by atoms with E-state index in [1.165, 1.54) is 31.4 Å². The van der Waals surface area contributed by atoms with Crippen molar-refractivity contribution >= 4 is 31.7 Å². The molecule has 9 heteroatoms. The molecule has 0 amide bonds. The fourth-order valence-corrected chi connectivity index (χ4v) is 7.37.